The van der Waals surface area contributed by atoms with Crippen LogP contribution in [0.1, 0.15) is 36.1 Å². The van der Waals surface area contributed by atoms with Crippen molar-refractivity contribution in [2.45, 2.75) is 43.6 Å². The zero-order valence-corrected chi connectivity index (χ0v) is 16.4. The van der Waals surface area contributed by atoms with Gasteiger partial charge in [-0.25, -0.2) is 8.78 Å². The van der Waals surface area contributed by atoms with Gasteiger partial charge in [-0.3, -0.25) is 4.79 Å². The fraction of sp³-hybridized carbons (Fsp3) is 0.500. The van der Waals surface area contributed by atoms with Gasteiger partial charge in [0.2, 0.25) is 5.91 Å². The van der Waals surface area contributed by atoms with Crippen LogP contribution in [0.3, 0.4) is 0 Å². The molecule has 5 rings (SSSR count). The summed E-state index contributed by atoms with van der Waals surface area (Å²) in [4.78, 5) is 16.8. The summed E-state index contributed by atoms with van der Waals surface area (Å²) in [5.74, 6) is -3.51. The molecule has 1 aromatic heterocycles. The fourth-order valence-corrected chi connectivity index (χ4v) is 5.76. The van der Waals surface area contributed by atoms with Crippen LogP contribution >= 0.6 is 11.3 Å². The Labute approximate surface area is 167 Å². The first-order valence-electron chi connectivity index (χ1n) is 9.95. The van der Waals surface area contributed by atoms with Gasteiger partial charge in [-0.2, -0.15) is 0 Å². The number of hydrogen-bond acceptors (Lipinski definition) is 3. The van der Waals surface area contributed by atoms with Crippen molar-refractivity contribution >= 4 is 17.2 Å². The first kappa shape index (κ1) is 18.3. The molecule has 0 N–H and O–H groups in total. The number of ether oxygens (including phenoxy) is 1. The van der Waals surface area contributed by atoms with Crippen molar-refractivity contribution in [3.05, 3.63) is 46.8 Å². The van der Waals surface area contributed by atoms with Crippen LogP contribution in [0.15, 0.2) is 36.4 Å². The third kappa shape index (κ3) is 3.16. The van der Waals surface area contributed by atoms with Crippen molar-refractivity contribution in [2.75, 3.05) is 19.7 Å². The van der Waals surface area contributed by atoms with Crippen molar-refractivity contribution in [3.8, 4) is 10.4 Å². The third-order valence-corrected chi connectivity index (χ3v) is 7.61. The van der Waals surface area contributed by atoms with E-state index < -0.39 is 11.8 Å². The zero-order valence-electron chi connectivity index (χ0n) is 15.6. The second-order valence-electron chi connectivity index (χ2n) is 8.15. The van der Waals surface area contributed by atoms with Gasteiger partial charge in [0.05, 0.1) is 12.2 Å². The van der Waals surface area contributed by atoms with Crippen molar-refractivity contribution < 1.29 is 18.3 Å². The van der Waals surface area contributed by atoms with Gasteiger partial charge in [0.25, 0.3) is 5.92 Å². The summed E-state index contributed by atoms with van der Waals surface area (Å²) in [7, 11) is 0. The highest BCUT2D eigenvalue weighted by molar-refractivity contribution is 7.15. The van der Waals surface area contributed by atoms with E-state index in [0.29, 0.717) is 19.7 Å². The number of carbonyl (C=O) groups is 1. The minimum Gasteiger partial charge on any atom is -0.370 e. The molecule has 28 heavy (non-hydrogen) atoms. The van der Waals surface area contributed by atoms with Crippen molar-refractivity contribution in [1.29, 1.82) is 0 Å². The normalized spacial score (nSPS) is 24.8. The maximum atomic E-state index is 13.1. The topological polar surface area (TPSA) is 29.5 Å². The highest BCUT2D eigenvalue weighted by Gasteiger charge is 2.57. The zero-order chi connectivity index (χ0) is 19.4. The Morgan fingerprint density at radius 2 is 1.93 bits per heavy atom. The molecule has 2 aromatic rings. The molecule has 6 heteroatoms. The molecule has 148 valence electrons. The molecule has 1 aliphatic carbocycles. The number of hydrogen-bond donors (Lipinski definition) is 0. The summed E-state index contributed by atoms with van der Waals surface area (Å²) >= 11 is 1.84. The Hall–Kier alpha value is -1.79. The lowest BCUT2D eigenvalue weighted by Gasteiger charge is -2.44. The molecular weight excluding hydrogens is 380 g/mol. The van der Waals surface area contributed by atoms with E-state index in [1.54, 1.807) is 4.90 Å². The molecule has 0 radical (unpaired) electrons. The molecule has 2 aliphatic heterocycles. The molecule has 0 bridgehead atoms. The largest absolute Gasteiger partial charge is 0.370 e. The lowest BCUT2D eigenvalue weighted by Crippen LogP contribution is -2.48. The van der Waals surface area contributed by atoms with E-state index >= 15 is 0 Å². The predicted octanol–water partition coefficient (Wildman–Crippen LogP) is 4.85. The van der Waals surface area contributed by atoms with Crippen LogP contribution in [0.2, 0.25) is 0 Å². The van der Waals surface area contributed by atoms with Crippen LogP contribution in [0.5, 0.6) is 0 Å². The minimum absolute atomic E-state index is 0.0251. The van der Waals surface area contributed by atoms with Crippen molar-refractivity contribution in [1.82, 2.24) is 4.90 Å². The van der Waals surface area contributed by atoms with Crippen molar-refractivity contribution in [2.24, 2.45) is 5.92 Å². The molecule has 3 heterocycles. The van der Waals surface area contributed by atoms with Crippen LogP contribution in [0, 0.1) is 5.92 Å². The number of rotatable bonds is 3. The molecule has 1 spiro atoms. The average molecular weight is 403 g/mol. The summed E-state index contributed by atoms with van der Waals surface area (Å²) in [5, 5.41) is 0. The Bertz CT molecular complexity index is 887. The number of amides is 1. The van der Waals surface area contributed by atoms with Crippen LogP contribution in [0.25, 0.3) is 10.4 Å². The SMILES string of the molecule is O=C(CC1CC1(F)F)N1CCC2(CC1)OCCc1sc(-c3ccccc3)cc12. The first-order chi connectivity index (χ1) is 13.5. The van der Waals surface area contributed by atoms with Crippen LogP contribution < -0.4 is 0 Å². The number of halogens is 2. The highest BCUT2D eigenvalue weighted by Crippen LogP contribution is 2.51. The number of nitrogens with zero attached hydrogens (tertiary/aromatic N) is 1. The Morgan fingerprint density at radius 1 is 1.21 bits per heavy atom. The third-order valence-electron chi connectivity index (χ3n) is 6.37. The van der Waals surface area contributed by atoms with E-state index in [1.807, 2.05) is 29.5 Å². The standard InChI is InChI=1S/C22H23F2NO2S/c23-22(24)14-16(22)12-20(26)25-9-7-21(8-10-25)17-13-19(15-4-2-1-3-5-15)28-18(17)6-11-27-21/h1-5,13,16H,6-12,14H2. The van der Waals surface area contributed by atoms with Crippen LogP contribution in [-0.4, -0.2) is 36.4 Å². The maximum Gasteiger partial charge on any atom is 0.252 e. The highest BCUT2D eigenvalue weighted by atomic mass is 32.1. The van der Waals surface area contributed by atoms with E-state index in [1.165, 1.54) is 20.9 Å². The van der Waals surface area contributed by atoms with Crippen LogP contribution in [-0.2, 0) is 21.6 Å². The average Bonchev–Trinajstić information content (AvgIpc) is 3.10. The fourth-order valence-electron chi connectivity index (χ4n) is 4.52. The van der Waals surface area contributed by atoms with Gasteiger partial charge >= 0.3 is 0 Å². The summed E-state index contributed by atoms with van der Waals surface area (Å²) in [6.45, 7) is 1.85. The monoisotopic (exact) mass is 403 g/mol. The Balaban J connectivity index is 1.31. The molecule has 1 aromatic carbocycles. The summed E-state index contributed by atoms with van der Waals surface area (Å²) in [5.41, 5.74) is 2.15. The summed E-state index contributed by atoms with van der Waals surface area (Å²) in [6, 6.07) is 12.6. The lowest BCUT2D eigenvalue weighted by atomic mass is 9.82. The number of thiophene rings is 1. The number of piperidine rings is 1. The van der Waals surface area contributed by atoms with Gasteiger partial charge < -0.3 is 9.64 Å². The number of likely N-dealkylation sites (tertiary alicyclic amines) is 1. The second kappa shape index (κ2) is 6.63. The predicted molar refractivity (Wildman–Crippen MR) is 105 cm³/mol. The van der Waals surface area contributed by atoms with Gasteiger partial charge in [0.1, 0.15) is 0 Å². The summed E-state index contributed by atoms with van der Waals surface area (Å²) in [6.07, 6.45) is 2.23. The lowest BCUT2D eigenvalue weighted by molar-refractivity contribution is -0.141. The summed E-state index contributed by atoms with van der Waals surface area (Å²) < 4.78 is 32.5. The molecule has 1 atom stereocenters. The molecule has 2 fully saturated rings. The van der Waals surface area contributed by atoms with Gasteiger partial charge in [-0.15, -0.1) is 11.3 Å². The van der Waals surface area contributed by atoms with Crippen LogP contribution in [0.4, 0.5) is 8.78 Å². The number of carbonyl (C=O) groups excluding carboxylic acids is 1. The molecule has 3 nitrogen and oxygen atoms in total. The van der Waals surface area contributed by atoms with E-state index in [9.17, 15) is 13.6 Å². The van der Waals surface area contributed by atoms with Gasteiger partial charge in [0, 0.05) is 48.0 Å². The molecule has 3 aliphatic rings. The van der Waals surface area contributed by atoms with Gasteiger partial charge in [-0.05, 0) is 30.0 Å². The van der Waals surface area contributed by atoms with Gasteiger partial charge in [-0.1, -0.05) is 30.3 Å². The number of fused-ring (bicyclic) bond motifs is 2. The van der Waals surface area contributed by atoms with E-state index in [4.69, 9.17) is 4.74 Å². The van der Waals surface area contributed by atoms with Crippen molar-refractivity contribution in [3.63, 3.8) is 0 Å². The Kier molecular flexibility index (Phi) is 4.32. The second-order valence-corrected chi connectivity index (χ2v) is 9.29. The van der Waals surface area contributed by atoms with E-state index in [-0.39, 0.29) is 24.3 Å². The smallest absolute Gasteiger partial charge is 0.252 e. The van der Waals surface area contributed by atoms with Gasteiger partial charge in [0.15, 0.2) is 0 Å². The number of alkyl halides is 2. The van der Waals surface area contributed by atoms with E-state index in [2.05, 4.69) is 18.2 Å². The maximum absolute atomic E-state index is 13.1. The number of benzene rings is 1. The quantitative estimate of drug-likeness (QED) is 0.733. The molecule has 1 amide bonds. The first-order valence-corrected chi connectivity index (χ1v) is 10.8. The molecule has 1 unspecified atom stereocenters. The molecule has 1 saturated carbocycles. The van der Waals surface area contributed by atoms with E-state index in [0.717, 1.165) is 19.3 Å². The minimum atomic E-state index is -2.63. The molecule has 1 saturated heterocycles. The molecular formula is C22H23F2NO2S. The Morgan fingerprint density at radius 3 is 2.61 bits per heavy atom.